The first-order chi connectivity index (χ1) is 12.9. The van der Waals surface area contributed by atoms with Crippen molar-refractivity contribution < 1.29 is 18.4 Å². The van der Waals surface area contributed by atoms with Crippen molar-refractivity contribution in [2.45, 2.75) is 51.9 Å². The number of ether oxygens (including phenoxy) is 1. The molecule has 2 N–H and O–H groups in total. The summed E-state index contributed by atoms with van der Waals surface area (Å²) >= 11 is 12.3. The lowest BCUT2D eigenvalue weighted by atomic mass is 9.80. The molecule has 158 valence electrons. The van der Waals surface area contributed by atoms with Gasteiger partial charge in [-0.2, -0.15) is 0 Å². The van der Waals surface area contributed by atoms with Gasteiger partial charge in [-0.3, -0.25) is 0 Å². The summed E-state index contributed by atoms with van der Waals surface area (Å²) in [6.45, 7) is 9.56. The SMILES string of the molecule is C[C@@H](Oc1cc(B2OC(C)(C)C(C)(C)O2)cnc1N)c1c(Cl)ccc(F)c1Cl.Cl. The van der Waals surface area contributed by atoms with E-state index in [0.717, 1.165) is 0 Å². The zero-order valence-electron chi connectivity index (χ0n) is 16.8. The number of aromatic nitrogens is 1. The average molecular weight is 464 g/mol. The molecule has 5 nitrogen and oxygen atoms in total. The van der Waals surface area contributed by atoms with Gasteiger partial charge in [0.2, 0.25) is 0 Å². The summed E-state index contributed by atoms with van der Waals surface area (Å²) in [5.41, 5.74) is 5.98. The first kappa shape index (κ1) is 24.0. The van der Waals surface area contributed by atoms with Crippen LogP contribution in [0.5, 0.6) is 5.75 Å². The van der Waals surface area contributed by atoms with Crippen molar-refractivity contribution in [3.8, 4) is 5.75 Å². The number of nitrogen functional groups attached to an aromatic ring is 1. The van der Waals surface area contributed by atoms with Crippen molar-refractivity contribution in [3.05, 3.63) is 45.8 Å². The number of rotatable bonds is 4. The minimum Gasteiger partial charge on any atom is -0.482 e. The van der Waals surface area contributed by atoms with Gasteiger partial charge in [-0.05, 0) is 52.8 Å². The van der Waals surface area contributed by atoms with E-state index in [1.54, 1.807) is 19.2 Å². The van der Waals surface area contributed by atoms with E-state index in [1.807, 2.05) is 27.7 Å². The van der Waals surface area contributed by atoms with Gasteiger partial charge in [-0.15, -0.1) is 12.4 Å². The van der Waals surface area contributed by atoms with Crippen LogP contribution in [0, 0.1) is 5.82 Å². The highest BCUT2D eigenvalue weighted by atomic mass is 35.5. The molecule has 0 bridgehead atoms. The van der Waals surface area contributed by atoms with Gasteiger partial charge in [-0.1, -0.05) is 23.2 Å². The first-order valence-corrected chi connectivity index (χ1v) is 9.59. The Hall–Kier alpha value is -1.25. The van der Waals surface area contributed by atoms with Crippen LogP contribution in [0.2, 0.25) is 10.0 Å². The van der Waals surface area contributed by atoms with E-state index < -0.39 is 30.2 Å². The topological polar surface area (TPSA) is 66.6 Å². The van der Waals surface area contributed by atoms with E-state index in [1.165, 1.54) is 12.1 Å². The van der Waals surface area contributed by atoms with E-state index in [0.29, 0.717) is 21.8 Å². The van der Waals surface area contributed by atoms with Crippen molar-refractivity contribution in [2.75, 3.05) is 5.73 Å². The number of anilines is 1. The van der Waals surface area contributed by atoms with Gasteiger partial charge < -0.3 is 19.8 Å². The molecule has 29 heavy (non-hydrogen) atoms. The Balaban J connectivity index is 0.00000300. The Kier molecular flexibility index (Phi) is 7.02. The Morgan fingerprint density at radius 1 is 1.17 bits per heavy atom. The molecule has 0 aliphatic carbocycles. The normalized spacial score (nSPS) is 18.3. The molecule has 1 aromatic heterocycles. The molecule has 0 radical (unpaired) electrons. The largest absolute Gasteiger partial charge is 0.496 e. The molecular weight excluding hydrogens is 440 g/mol. The Labute approximate surface area is 186 Å². The fourth-order valence-electron chi connectivity index (χ4n) is 2.84. The minimum absolute atomic E-state index is 0. The van der Waals surface area contributed by atoms with Crippen LogP contribution in [-0.2, 0) is 9.31 Å². The van der Waals surface area contributed by atoms with E-state index in [9.17, 15) is 4.39 Å². The standard InChI is InChI=1S/C19H22BCl2FN2O3.ClH/c1-10(15-12(21)6-7-13(23)16(15)22)26-14-8-11(9-25-17(14)24)20-27-18(2,3)19(4,5)28-20;/h6-10H,1-5H3,(H2,24,25);1H/t10-;/m1./s1. The molecule has 1 aliphatic heterocycles. The predicted molar refractivity (Wildman–Crippen MR) is 117 cm³/mol. The molecular formula is C19H23BCl3FN2O3. The summed E-state index contributed by atoms with van der Waals surface area (Å²) in [6, 6.07) is 4.33. The van der Waals surface area contributed by atoms with Crippen molar-refractivity contribution in [1.82, 2.24) is 4.98 Å². The highest BCUT2D eigenvalue weighted by Crippen LogP contribution is 2.38. The lowest BCUT2D eigenvalue weighted by molar-refractivity contribution is 0.00578. The fourth-order valence-corrected chi connectivity index (χ4v) is 3.52. The Morgan fingerprint density at radius 2 is 1.76 bits per heavy atom. The summed E-state index contributed by atoms with van der Waals surface area (Å²) < 4.78 is 31.8. The highest BCUT2D eigenvalue weighted by Gasteiger charge is 2.52. The van der Waals surface area contributed by atoms with Crippen LogP contribution in [-0.4, -0.2) is 23.3 Å². The van der Waals surface area contributed by atoms with Crippen LogP contribution in [0.15, 0.2) is 24.4 Å². The summed E-state index contributed by atoms with van der Waals surface area (Å²) in [7, 11) is -0.614. The highest BCUT2D eigenvalue weighted by molar-refractivity contribution is 6.62. The van der Waals surface area contributed by atoms with Gasteiger partial charge in [0.05, 0.1) is 16.2 Å². The summed E-state index contributed by atoms with van der Waals surface area (Å²) in [5, 5.41) is 0.209. The molecule has 10 heteroatoms. The summed E-state index contributed by atoms with van der Waals surface area (Å²) in [4.78, 5) is 4.18. The molecule has 2 heterocycles. The van der Waals surface area contributed by atoms with Crippen LogP contribution in [0.1, 0.15) is 46.3 Å². The molecule has 1 saturated heterocycles. The first-order valence-electron chi connectivity index (χ1n) is 8.84. The van der Waals surface area contributed by atoms with E-state index in [4.69, 9.17) is 43.0 Å². The third-order valence-corrected chi connectivity index (χ3v) is 5.93. The maximum Gasteiger partial charge on any atom is 0.496 e. The third-order valence-electron chi connectivity index (χ3n) is 5.22. The molecule has 1 aromatic carbocycles. The molecule has 1 aliphatic rings. The van der Waals surface area contributed by atoms with Gasteiger partial charge in [-0.25, -0.2) is 9.37 Å². The van der Waals surface area contributed by atoms with Crippen molar-refractivity contribution in [3.63, 3.8) is 0 Å². The average Bonchev–Trinajstić information content (AvgIpc) is 2.81. The zero-order valence-corrected chi connectivity index (χ0v) is 19.1. The minimum atomic E-state index is -0.659. The number of hydrogen-bond acceptors (Lipinski definition) is 5. The van der Waals surface area contributed by atoms with Gasteiger partial charge in [0, 0.05) is 22.2 Å². The summed E-state index contributed by atoms with van der Waals surface area (Å²) in [6.07, 6.45) is 0.922. The number of nitrogens with two attached hydrogens (primary N) is 1. The maximum atomic E-state index is 13.8. The second-order valence-electron chi connectivity index (χ2n) is 7.76. The predicted octanol–water partition coefficient (Wildman–Crippen LogP) is 4.97. The smallest absolute Gasteiger partial charge is 0.482 e. The molecule has 0 amide bonds. The Morgan fingerprint density at radius 3 is 2.34 bits per heavy atom. The summed E-state index contributed by atoms with van der Waals surface area (Å²) in [5.74, 6) is -0.0968. The lowest BCUT2D eigenvalue weighted by Gasteiger charge is -2.32. The zero-order chi connectivity index (χ0) is 20.9. The molecule has 1 atom stereocenters. The maximum absolute atomic E-state index is 13.8. The van der Waals surface area contributed by atoms with Gasteiger partial charge in [0.15, 0.2) is 11.6 Å². The number of halogens is 4. The third kappa shape index (κ3) is 4.59. The molecule has 0 unspecified atom stereocenters. The van der Waals surface area contributed by atoms with Crippen molar-refractivity contribution in [1.29, 1.82) is 0 Å². The van der Waals surface area contributed by atoms with Crippen molar-refractivity contribution >= 4 is 54.0 Å². The fraction of sp³-hybridized carbons (Fsp3) is 0.421. The quantitative estimate of drug-likeness (QED) is 0.512. The van der Waals surface area contributed by atoms with Gasteiger partial charge in [0.1, 0.15) is 11.9 Å². The van der Waals surface area contributed by atoms with E-state index in [-0.39, 0.29) is 23.2 Å². The van der Waals surface area contributed by atoms with Crippen LogP contribution >= 0.6 is 35.6 Å². The molecule has 1 fully saturated rings. The monoisotopic (exact) mass is 462 g/mol. The Bertz CT molecular complexity index is 899. The molecule has 2 aromatic rings. The molecule has 3 rings (SSSR count). The lowest BCUT2D eigenvalue weighted by Crippen LogP contribution is -2.41. The number of benzene rings is 1. The van der Waals surface area contributed by atoms with Crippen molar-refractivity contribution in [2.24, 2.45) is 0 Å². The second-order valence-corrected chi connectivity index (χ2v) is 8.54. The molecule has 0 saturated carbocycles. The van der Waals surface area contributed by atoms with Gasteiger partial charge in [0.25, 0.3) is 0 Å². The van der Waals surface area contributed by atoms with Crippen LogP contribution in [0.25, 0.3) is 0 Å². The van der Waals surface area contributed by atoms with Crippen LogP contribution in [0.3, 0.4) is 0 Å². The van der Waals surface area contributed by atoms with Gasteiger partial charge >= 0.3 is 7.12 Å². The second kappa shape index (κ2) is 8.48. The number of pyridine rings is 1. The number of nitrogens with zero attached hydrogens (tertiary/aromatic N) is 1. The van der Waals surface area contributed by atoms with E-state index >= 15 is 0 Å². The van der Waals surface area contributed by atoms with Crippen LogP contribution < -0.4 is 15.9 Å². The van der Waals surface area contributed by atoms with E-state index in [2.05, 4.69) is 4.98 Å². The molecule has 0 spiro atoms. The number of hydrogen-bond donors (Lipinski definition) is 1. The van der Waals surface area contributed by atoms with Crippen LogP contribution in [0.4, 0.5) is 10.2 Å².